The first-order valence-electron chi connectivity index (χ1n) is 6.78. The molecule has 1 atom stereocenters. The third-order valence-corrected chi connectivity index (χ3v) is 4.21. The third-order valence-electron chi connectivity index (χ3n) is 3.54. The maximum Gasteiger partial charge on any atom is 0.0554 e. The Hall–Kier alpha value is -0.870. The Balaban J connectivity index is 2.44. The van der Waals surface area contributed by atoms with Gasteiger partial charge in [0.25, 0.3) is 0 Å². The fourth-order valence-corrected chi connectivity index (χ4v) is 2.92. The van der Waals surface area contributed by atoms with Gasteiger partial charge in [0.05, 0.1) is 6.04 Å². The number of halogens is 1. The second kappa shape index (κ2) is 6.53. The van der Waals surface area contributed by atoms with Crippen LogP contribution >= 0.6 is 22.6 Å². The lowest BCUT2D eigenvalue weighted by Gasteiger charge is -2.18. The van der Waals surface area contributed by atoms with E-state index in [9.17, 15) is 0 Å². The standard InChI is InChI=1S/C17H20IN/c1-3-12-8-9-13(4-2)16(10-12)17(19)14-6-5-7-15(18)11-14/h5-11,17H,3-4,19H2,1-2H3. The van der Waals surface area contributed by atoms with Crippen molar-refractivity contribution in [1.29, 1.82) is 0 Å². The molecule has 0 saturated carbocycles. The number of hydrogen-bond donors (Lipinski definition) is 1. The Morgan fingerprint density at radius 1 is 1.05 bits per heavy atom. The second-order valence-corrected chi connectivity index (χ2v) is 6.02. The van der Waals surface area contributed by atoms with Crippen LogP contribution in [0.4, 0.5) is 0 Å². The van der Waals surface area contributed by atoms with Crippen molar-refractivity contribution in [3.8, 4) is 0 Å². The summed E-state index contributed by atoms with van der Waals surface area (Å²) in [5.41, 5.74) is 11.6. The maximum atomic E-state index is 6.48. The van der Waals surface area contributed by atoms with E-state index >= 15 is 0 Å². The van der Waals surface area contributed by atoms with Gasteiger partial charge in [-0.15, -0.1) is 0 Å². The zero-order valence-corrected chi connectivity index (χ0v) is 13.6. The zero-order valence-electron chi connectivity index (χ0n) is 11.5. The van der Waals surface area contributed by atoms with Gasteiger partial charge in [-0.1, -0.05) is 44.2 Å². The molecule has 100 valence electrons. The molecule has 0 heterocycles. The largest absolute Gasteiger partial charge is 0.320 e. The Bertz CT molecular complexity index is 563. The van der Waals surface area contributed by atoms with Gasteiger partial charge in [0.1, 0.15) is 0 Å². The summed E-state index contributed by atoms with van der Waals surface area (Å²) in [7, 11) is 0. The second-order valence-electron chi connectivity index (χ2n) is 4.77. The van der Waals surface area contributed by atoms with Crippen LogP contribution in [-0.2, 0) is 12.8 Å². The molecule has 0 aliphatic heterocycles. The minimum atomic E-state index is -0.0313. The topological polar surface area (TPSA) is 26.0 Å². The molecular weight excluding hydrogens is 345 g/mol. The van der Waals surface area contributed by atoms with Crippen LogP contribution in [0.1, 0.15) is 42.1 Å². The van der Waals surface area contributed by atoms with E-state index in [0.29, 0.717) is 0 Å². The summed E-state index contributed by atoms with van der Waals surface area (Å²) < 4.78 is 1.23. The van der Waals surface area contributed by atoms with Crippen LogP contribution in [0.5, 0.6) is 0 Å². The Morgan fingerprint density at radius 2 is 1.84 bits per heavy atom. The number of benzene rings is 2. The molecule has 1 unspecified atom stereocenters. The molecular formula is C17H20IN. The van der Waals surface area contributed by atoms with Crippen LogP contribution in [0.25, 0.3) is 0 Å². The summed E-state index contributed by atoms with van der Waals surface area (Å²) in [5, 5.41) is 0. The summed E-state index contributed by atoms with van der Waals surface area (Å²) in [6, 6.07) is 15.1. The quantitative estimate of drug-likeness (QED) is 0.796. The smallest absolute Gasteiger partial charge is 0.0554 e. The fraction of sp³-hybridized carbons (Fsp3) is 0.294. The number of rotatable bonds is 4. The average molecular weight is 365 g/mol. The molecule has 0 amide bonds. The first kappa shape index (κ1) is 14.5. The van der Waals surface area contributed by atoms with Gasteiger partial charge in [-0.05, 0) is 69.8 Å². The van der Waals surface area contributed by atoms with E-state index in [2.05, 4.69) is 78.9 Å². The highest BCUT2D eigenvalue weighted by atomic mass is 127. The minimum Gasteiger partial charge on any atom is -0.320 e. The van der Waals surface area contributed by atoms with E-state index in [4.69, 9.17) is 5.73 Å². The number of hydrogen-bond acceptors (Lipinski definition) is 1. The Morgan fingerprint density at radius 3 is 2.47 bits per heavy atom. The molecule has 2 N–H and O–H groups in total. The monoisotopic (exact) mass is 365 g/mol. The van der Waals surface area contributed by atoms with E-state index in [0.717, 1.165) is 12.8 Å². The van der Waals surface area contributed by atoms with Gasteiger partial charge in [-0.2, -0.15) is 0 Å². The summed E-state index contributed by atoms with van der Waals surface area (Å²) >= 11 is 2.33. The van der Waals surface area contributed by atoms with E-state index in [-0.39, 0.29) is 6.04 Å². The summed E-state index contributed by atoms with van der Waals surface area (Å²) in [5.74, 6) is 0. The SMILES string of the molecule is CCc1ccc(CC)c(C(N)c2cccc(I)c2)c1. The van der Waals surface area contributed by atoms with Gasteiger partial charge in [0, 0.05) is 3.57 Å². The highest BCUT2D eigenvalue weighted by Crippen LogP contribution is 2.26. The molecule has 2 heteroatoms. The minimum absolute atomic E-state index is 0.0313. The van der Waals surface area contributed by atoms with Crippen molar-refractivity contribution in [2.24, 2.45) is 5.73 Å². The van der Waals surface area contributed by atoms with E-state index in [1.807, 2.05) is 0 Å². The molecule has 19 heavy (non-hydrogen) atoms. The van der Waals surface area contributed by atoms with Crippen LogP contribution in [0.15, 0.2) is 42.5 Å². The molecule has 0 aliphatic carbocycles. The molecule has 0 aromatic heterocycles. The molecule has 0 fully saturated rings. The lowest BCUT2D eigenvalue weighted by atomic mass is 9.92. The van der Waals surface area contributed by atoms with Crippen molar-refractivity contribution in [3.63, 3.8) is 0 Å². The zero-order chi connectivity index (χ0) is 13.8. The van der Waals surface area contributed by atoms with Gasteiger partial charge < -0.3 is 5.73 Å². The van der Waals surface area contributed by atoms with Crippen molar-refractivity contribution in [2.75, 3.05) is 0 Å². The first-order chi connectivity index (χ1) is 9.15. The lowest BCUT2D eigenvalue weighted by molar-refractivity contribution is 0.844. The highest BCUT2D eigenvalue weighted by molar-refractivity contribution is 14.1. The van der Waals surface area contributed by atoms with E-state index in [1.54, 1.807) is 0 Å². The fourth-order valence-electron chi connectivity index (χ4n) is 2.36. The van der Waals surface area contributed by atoms with Crippen LogP contribution in [0, 0.1) is 3.57 Å². The Labute approximate surface area is 129 Å². The molecule has 2 aromatic rings. The van der Waals surface area contributed by atoms with Crippen molar-refractivity contribution in [1.82, 2.24) is 0 Å². The summed E-state index contributed by atoms with van der Waals surface area (Å²) in [6.45, 7) is 4.37. The van der Waals surface area contributed by atoms with Gasteiger partial charge in [0.2, 0.25) is 0 Å². The molecule has 0 saturated heterocycles. The van der Waals surface area contributed by atoms with Crippen molar-refractivity contribution < 1.29 is 0 Å². The molecule has 0 aliphatic rings. The lowest BCUT2D eigenvalue weighted by Crippen LogP contribution is -2.14. The molecule has 1 nitrogen and oxygen atoms in total. The highest BCUT2D eigenvalue weighted by Gasteiger charge is 2.13. The summed E-state index contributed by atoms with van der Waals surface area (Å²) in [4.78, 5) is 0. The first-order valence-corrected chi connectivity index (χ1v) is 7.86. The Kier molecular flexibility index (Phi) is 4.99. The van der Waals surface area contributed by atoms with Crippen molar-refractivity contribution >= 4 is 22.6 Å². The molecule has 0 spiro atoms. The predicted molar refractivity (Wildman–Crippen MR) is 90.4 cm³/mol. The number of nitrogens with two attached hydrogens (primary N) is 1. The van der Waals surface area contributed by atoms with Crippen LogP contribution in [0.2, 0.25) is 0 Å². The average Bonchev–Trinajstić information content (AvgIpc) is 2.45. The molecule has 0 bridgehead atoms. The summed E-state index contributed by atoms with van der Waals surface area (Å²) in [6.07, 6.45) is 2.08. The molecule has 2 rings (SSSR count). The van der Waals surface area contributed by atoms with Crippen molar-refractivity contribution in [3.05, 3.63) is 68.3 Å². The number of aryl methyl sites for hydroxylation is 2. The predicted octanol–water partition coefficient (Wildman–Crippen LogP) is 4.46. The third kappa shape index (κ3) is 3.37. The van der Waals surface area contributed by atoms with Crippen LogP contribution < -0.4 is 5.73 Å². The van der Waals surface area contributed by atoms with E-state index < -0.39 is 0 Å². The van der Waals surface area contributed by atoms with Gasteiger partial charge in [-0.25, -0.2) is 0 Å². The van der Waals surface area contributed by atoms with E-state index in [1.165, 1.54) is 25.8 Å². The maximum absolute atomic E-state index is 6.48. The molecule has 2 aromatic carbocycles. The van der Waals surface area contributed by atoms with Crippen LogP contribution in [-0.4, -0.2) is 0 Å². The van der Waals surface area contributed by atoms with Gasteiger partial charge >= 0.3 is 0 Å². The van der Waals surface area contributed by atoms with Crippen molar-refractivity contribution in [2.45, 2.75) is 32.7 Å². The van der Waals surface area contributed by atoms with Crippen LogP contribution in [0.3, 0.4) is 0 Å². The normalized spacial score (nSPS) is 12.4. The van der Waals surface area contributed by atoms with Gasteiger partial charge in [0.15, 0.2) is 0 Å². The van der Waals surface area contributed by atoms with Gasteiger partial charge in [-0.3, -0.25) is 0 Å². The molecule has 0 radical (unpaired) electrons.